The number of nitriles is 1. The molecule has 0 N–H and O–H groups in total. The Balaban J connectivity index is 1.50. The second kappa shape index (κ2) is 8.71. The Morgan fingerprint density at radius 1 is 0.900 bits per heavy atom. The van der Waals surface area contributed by atoms with Crippen LogP contribution >= 0.6 is 0 Å². The molecule has 2 aromatic carbocycles. The fourth-order valence-corrected chi connectivity index (χ4v) is 4.29. The van der Waals surface area contributed by atoms with Crippen LogP contribution in [0.5, 0.6) is 0 Å². The second-order valence-electron chi connectivity index (χ2n) is 7.97. The van der Waals surface area contributed by atoms with Gasteiger partial charge in [-0.1, -0.05) is 37.6 Å². The van der Waals surface area contributed by atoms with Crippen molar-refractivity contribution in [3.8, 4) is 28.6 Å². The number of halogens is 2. The Morgan fingerprint density at radius 2 is 1.50 bits per heavy atom. The van der Waals surface area contributed by atoms with Gasteiger partial charge in [-0.05, 0) is 60.8 Å². The van der Waals surface area contributed by atoms with E-state index in [4.69, 9.17) is 5.26 Å². The third-order valence-electron chi connectivity index (χ3n) is 6.20. The van der Waals surface area contributed by atoms with Crippen LogP contribution in [-0.2, 0) is 0 Å². The molecular weight excluding hydrogens is 380 g/mol. The monoisotopic (exact) mass is 403 g/mol. The van der Waals surface area contributed by atoms with Crippen LogP contribution in [0.1, 0.15) is 56.1 Å². The molecule has 5 heteroatoms. The van der Waals surface area contributed by atoms with E-state index in [0.29, 0.717) is 5.92 Å². The third-order valence-corrected chi connectivity index (χ3v) is 6.20. The van der Waals surface area contributed by atoms with Gasteiger partial charge >= 0.3 is 0 Å². The average Bonchev–Trinajstić information content (AvgIpc) is 2.79. The Labute approximate surface area is 175 Å². The fraction of sp³-hybridized carbons (Fsp3) is 0.320. The summed E-state index contributed by atoms with van der Waals surface area (Å²) in [6, 6.07) is 12.2. The lowest BCUT2D eigenvalue weighted by Gasteiger charge is -2.28. The van der Waals surface area contributed by atoms with E-state index in [1.54, 1.807) is 12.4 Å². The van der Waals surface area contributed by atoms with E-state index in [0.717, 1.165) is 29.2 Å². The van der Waals surface area contributed by atoms with Crippen LogP contribution in [0.4, 0.5) is 8.78 Å². The van der Waals surface area contributed by atoms with Crippen molar-refractivity contribution in [2.24, 2.45) is 5.92 Å². The van der Waals surface area contributed by atoms with Gasteiger partial charge in [-0.15, -0.1) is 0 Å². The van der Waals surface area contributed by atoms with Crippen molar-refractivity contribution < 1.29 is 8.78 Å². The molecule has 0 atom stereocenters. The first-order valence-electron chi connectivity index (χ1n) is 10.4. The molecule has 0 aliphatic heterocycles. The molecule has 1 aliphatic rings. The molecule has 1 saturated carbocycles. The van der Waals surface area contributed by atoms with Gasteiger partial charge in [0.15, 0.2) is 5.82 Å². The zero-order valence-corrected chi connectivity index (χ0v) is 16.9. The highest BCUT2D eigenvalue weighted by atomic mass is 19.1. The number of aromatic nitrogens is 2. The van der Waals surface area contributed by atoms with Crippen molar-refractivity contribution in [2.45, 2.75) is 44.9 Å². The van der Waals surface area contributed by atoms with Crippen LogP contribution in [0.25, 0.3) is 22.5 Å². The zero-order chi connectivity index (χ0) is 21.1. The summed E-state index contributed by atoms with van der Waals surface area (Å²) in [6.45, 7) is 2.28. The molecular formula is C25H23F2N3. The molecule has 0 unspecified atom stereocenters. The lowest BCUT2D eigenvalue weighted by atomic mass is 9.78. The molecule has 1 fully saturated rings. The summed E-state index contributed by atoms with van der Waals surface area (Å²) in [4.78, 5) is 8.53. The fourth-order valence-electron chi connectivity index (χ4n) is 4.29. The number of hydrogen-bond acceptors (Lipinski definition) is 3. The Bertz CT molecular complexity index is 1040. The molecule has 30 heavy (non-hydrogen) atoms. The largest absolute Gasteiger partial charge is 0.236 e. The van der Waals surface area contributed by atoms with Crippen LogP contribution in [0, 0.1) is 28.9 Å². The van der Waals surface area contributed by atoms with Crippen molar-refractivity contribution in [2.75, 3.05) is 0 Å². The average molecular weight is 403 g/mol. The summed E-state index contributed by atoms with van der Waals surface area (Å²) in [5.74, 6) is -0.0892. The molecule has 1 aromatic heterocycles. The van der Waals surface area contributed by atoms with Crippen molar-refractivity contribution in [3.05, 3.63) is 71.6 Å². The SMILES string of the molecule is CC[C@H]1CC[C@H](c2ccc(-c3cnc(-c4cc(F)c(C#N)c(F)c4)nc3)cc2)CC1. The van der Waals surface area contributed by atoms with E-state index in [1.807, 2.05) is 0 Å². The number of hydrogen-bond donors (Lipinski definition) is 0. The lowest BCUT2D eigenvalue weighted by Crippen LogP contribution is -2.12. The Morgan fingerprint density at radius 3 is 2.03 bits per heavy atom. The first-order chi connectivity index (χ1) is 14.6. The topological polar surface area (TPSA) is 49.6 Å². The minimum Gasteiger partial charge on any atom is -0.236 e. The Hall–Kier alpha value is -3.13. The maximum Gasteiger partial charge on any atom is 0.159 e. The van der Waals surface area contributed by atoms with Crippen molar-refractivity contribution in [3.63, 3.8) is 0 Å². The summed E-state index contributed by atoms with van der Waals surface area (Å²) in [7, 11) is 0. The summed E-state index contributed by atoms with van der Waals surface area (Å²) < 4.78 is 27.7. The molecule has 1 aliphatic carbocycles. The first kappa shape index (κ1) is 20.2. The van der Waals surface area contributed by atoms with E-state index < -0.39 is 17.2 Å². The summed E-state index contributed by atoms with van der Waals surface area (Å²) in [5, 5.41) is 8.79. The maximum atomic E-state index is 13.9. The van der Waals surface area contributed by atoms with Crippen molar-refractivity contribution >= 4 is 0 Å². The van der Waals surface area contributed by atoms with Gasteiger partial charge < -0.3 is 0 Å². The molecule has 0 amide bonds. The van der Waals surface area contributed by atoms with E-state index in [1.165, 1.54) is 43.7 Å². The quantitative estimate of drug-likeness (QED) is 0.490. The summed E-state index contributed by atoms with van der Waals surface area (Å²) >= 11 is 0. The van der Waals surface area contributed by atoms with E-state index >= 15 is 0 Å². The van der Waals surface area contributed by atoms with Crippen LogP contribution in [0.3, 0.4) is 0 Å². The van der Waals surface area contributed by atoms with E-state index in [2.05, 4.69) is 41.2 Å². The van der Waals surface area contributed by atoms with Gasteiger partial charge in [0, 0.05) is 23.5 Å². The van der Waals surface area contributed by atoms with Gasteiger partial charge in [0.1, 0.15) is 23.3 Å². The smallest absolute Gasteiger partial charge is 0.159 e. The van der Waals surface area contributed by atoms with Gasteiger partial charge in [0.05, 0.1) is 0 Å². The minimum absolute atomic E-state index is 0.202. The molecule has 152 valence electrons. The lowest BCUT2D eigenvalue weighted by molar-refractivity contribution is 0.319. The predicted molar refractivity (Wildman–Crippen MR) is 113 cm³/mol. The molecule has 0 spiro atoms. The van der Waals surface area contributed by atoms with Crippen LogP contribution in [-0.4, -0.2) is 9.97 Å². The maximum absolute atomic E-state index is 13.9. The highest BCUT2D eigenvalue weighted by Crippen LogP contribution is 2.37. The number of nitrogens with zero attached hydrogens (tertiary/aromatic N) is 3. The molecule has 0 bridgehead atoms. The molecule has 3 nitrogen and oxygen atoms in total. The van der Waals surface area contributed by atoms with Gasteiger partial charge in [0.25, 0.3) is 0 Å². The number of benzene rings is 2. The van der Waals surface area contributed by atoms with E-state index in [-0.39, 0.29) is 11.4 Å². The van der Waals surface area contributed by atoms with Crippen LogP contribution < -0.4 is 0 Å². The molecule has 0 saturated heterocycles. The second-order valence-corrected chi connectivity index (χ2v) is 7.97. The summed E-state index contributed by atoms with van der Waals surface area (Å²) in [6.07, 6.45) is 9.73. The molecule has 3 aromatic rings. The van der Waals surface area contributed by atoms with Crippen LogP contribution in [0.15, 0.2) is 48.8 Å². The highest BCUT2D eigenvalue weighted by Gasteiger charge is 2.21. The van der Waals surface area contributed by atoms with E-state index in [9.17, 15) is 8.78 Å². The summed E-state index contributed by atoms with van der Waals surface area (Å²) in [5.41, 5.74) is 2.83. The highest BCUT2D eigenvalue weighted by molar-refractivity contribution is 5.64. The van der Waals surface area contributed by atoms with Gasteiger partial charge in [0.2, 0.25) is 0 Å². The number of rotatable bonds is 4. The standard InChI is InChI=1S/C25H23F2N3/c1-2-16-3-5-17(6-4-16)18-7-9-19(10-8-18)21-14-29-25(30-15-21)20-11-23(26)22(13-28)24(27)12-20/h7-12,14-17H,2-6H2,1H3/t16-,17-. The Kier molecular flexibility index (Phi) is 5.85. The predicted octanol–water partition coefficient (Wildman–Crippen LogP) is 6.64. The zero-order valence-electron chi connectivity index (χ0n) is 16.9. The normalized spacial score (nSPS) is 18.7. The van der Waals surface area contributed by atoms with Gasteiger partial charge in [-0.25, -0.2) is 18.7 Å². The van der Waals surface area contributed by atoms with Gasteiger partial charge in [-0.2, -0.15) is 5.26 Å². The molecule has 4 rings (SSSR count). The van der Waals surface area contributed by atoms with Crippen molar-refractivity contribution in [1.29, 1.82) is 5.26 Å². The molecule has 0 radical (unpaired) electrons. The first-order valence-corrected chi connectivity index (χ1v) is 10.4. The third kappa shape index (κ3) is 4.09. The van der Waals surface area contributed by atoms with Crippen LogP contribution in [0.2, 0.25) is 0 Å². The molecule has 1 heterocycles. The van der Waals surface area contributed by atoms with Gasteiger partial charge in [-0.3, -0.25) is 0 Å². The van der Waals surface area contributed by atoms with Crippen molar-refractivity contribution in [1.82, 2.24) is 9.97 Å². The minimum atomic E-state index is -0.913.